The van der Waals surface area contributed by atoms with Gasteiger partial charge in [0.15, 0.2) is 11.6 Å². The molecule has 0 bridgehead atoms. The first kappa shape index (κ1) is 14.5. The summed E-state index contributed by atoms with van der Waals surface area (Å²) in [6.45, 7) is 0. The Morgan fingerprint density at radius 2 is 1.95 bits per heavy atom. The topological polar surface area (TPSA) is 62.1 Å². The lowest BCUT2D eigenvalue weighted by Gasteiger charge is -2.07. The van der Waals surface area contributed by atoms with Crippen LogP contribution < -0.4 is 10.1 Å². The Morgan fingerprint density at radius 1 is 1.19 bits per heavy atom. The summed E-state index contributed by atoms with van der Waals surface area (Å²) >= 11 is 0. The van der Waals surface area contributed by atoms with E-state index in [4.69, 9.17) is 10.00 Å². The van der Waals surface area contributed by atoms with Crippen molar-refractivity contribution in [1.82, 2.24) is 0 Å². The largest absolute Gasteiger partial charge is 0.494 e. The molecule has 0 saturated heterocycles. The molecule has 0 aliphatic rings. The molecule has 2 aromatic carbocycles. The fourth-order valence-corrected chi connectivity index (χ4v) is 1.70. The molecule has 0 radical (unpaired) electrons. The van der Waals surface area contributed by atoms with Crippen molar-refractivity contribution < 1.29 is 18.3 Å². The van der Waals surface area contributed by atoms with E-state index in [1.165, 1.54) is 31.4 Å². The molecule has 2 rings (SSSR count). The van der Waals surface area contributed by atoms with Crippen molar-refractivity contribution in [1.29, 1.82) is 5.26 Å². The summed E-state index contributed by atoms with van der Waals surface area (Å²) in [5.74, 6) is -1.89. The predicted octanol–water partition coefficient (Wildman–Crippen LogP) is 3.10. The number of carbonyl (C=O) groups excluding carboxylic acids is 1. The van der Waals surface area contributed by atoms with Crippen molar-refractivity contribution >= 4 is 11.6 Å². The first-order chi connectivity index (χ1) is 10.0. The number of carbonyl (C=O) groups is 1. The quantitative estimate of drug-likeness (QED) is 0.944. The second-order valence-electron chi connectivity index (χ2n) is 4.11. The number of nitrogens with zero attached hydrogens (tertiary/aromatic N) is 1. The summed E-state index contributed by atoms with van der Waals surface area (Å²) in [4.78, 5) is 12.0. The summed E-state index contributed by atoms with van der Waals surface area (Å²) in [6, 6.07) is 9.01. The van der Waals surface area contributed by atoms with Crippen LogP contribution in [0, 0.1) is 23.0 Å². The van der Waals surface area contributed by atoms with E-state index in [2.05, 4.69) is 5.32 Å². The van der Waals surface area contributed by atoms with Crippen LogP contribution in [0.4, 0.5) is 14.5 Å². The number of nitriles is 1. The van der Waals surface area contributed by atoms with Crippen LogP contribution in [0.3, 0.4) is 0 Å². The van der Waals surface area contributed by atoms with Crippen LogP contribution in [-0.2, 0) is 0 Å². The molecule has 2 aromatic rings. The number of halogens is 2. The molecule has 0 aliphatic heterocycles. The van der Waals surface area contributed by atoms with Gasteiger partial charge in [-0.25, -0.2) is 8.78 Å². The van der Waals surface area contributed by atoms with Crippen LogP contribution in [-0.4, -0.2) is 13.0 Å². The monoisotopic (exact) mass is 288 g/mol. The van der Waals surface area contributed by atoms with E-state index in [0.717, 1.165) is 12.1 Å². The predicted molar refractivity (Wildman–Crippen MR) is 72.0 cm³/mol. The normalized spacial score (nSPS) is 9.81. The van der Waals surface area contributed by atoms with Gasteiger partial charge in [-0.1, -0.05) is 0 Å². The maximum Gasteiger partial charge on any atom is 0.255 e. The zero-order valence-electron chi connectivity index (χ0n) is 11.0. The number of anilines is 1. The molecule has 106 valence electrons. The fourth-order valence-electron chi connectivity index (χ4n) is 1.70. The summed E-state index contributed by atoms with van der Waals surface area (Å²) in [5, 5.41) is 11.2. The molecule has 0 aromatic heterocycles. The highest BCUT2D eigenvalue weighted by Gasteiger charge is 2.11. The van der Waals surface area contributed by atoms with Gasteiger partial charge in [0.1, 0.15) is 11.9 Å². The third-order valence-electron chi connectivity index (χ3n) is 2.76. The summed E-state index contributed by atoms with van der Waals surface area (Å²) < 4.78 is 31.4. The van der Waals surface area contributed by atoms with Gasteiger partial charge < -0.3 is 10.1 Å². The maximum atomic E-state index is 13.5. The Labute approximate surface area is 119 Å². The maximum absolute atomic E-state index is 13.5. The summed E-state index contributed by atoms with van der Waals surface area (Å²) in [7, 11) is 1.32. The Morgan fingerprint density at radius 3 is 2.57 bits per heavy atom. The van der Waals surface area contributed by atoms with Crippen LogP contribution in [0.25, 0.3) is 0 Å². The minimum atomic E-state index is -0.675. The number of hydrogen-bond donors (Lipinski definition) is 1. The highest BCUT2D eigenvalue weighted by molar-refractivity contribution is 6.04. The molecule has 0 atom stereocenters. The van der Waals surface area contributed by atoms with Crippen LogP contribution in [0.1, 0.15) is 15.9 Å². The lowest BCUT2D eigenvalue weighted by molar-refractivity contribution is 0.102. The summed E-state index contributed by atoms with van der Waals surface area (Å²) in [6.07, 6.45) is 0. The number of amides is 1. The fraction of sp³-hybridized carbons (Fsp3) is 0.0667. The van der Waals surface area contributed by atoms with E-state index >= 15 is 0 Å². The average Bonchev–Trinajstić information content (AvgIpc) is 2.49. The zero-order chi connectivity index (χ0) is 15.4. The van der Waals surface area contributed by atoms with Crippen LogP contribution in [0.5, 0.6) is 5.75 Å². The van der Waals surface area contributed by atoms with Crippen molar-refractivity contribution in [3.8, 4) is 11.8 Å². The van der Waals surface area contributed by atoms with Crippen molar-refractivity contribution in [2.75, 3.05) is 12.4 Å². The Balaban J connectivity index is 2.22. The summed E-state index contributed by atoms with van der Waals surface area (Å²) in [5.41, 5.74) is 0.138. The highest BCUT2D eigenvalue weighted by Crippen LogP contribution is 2.19. The third kappa shape index (κ3) is 3.15. The van der Waals surface area contributed by atoms with Gasteiger partial charge in [0.05, 0.1) is 12.7 Å². The molecule has 0 aliphatic carbocycles. The second-order valence-corrected chi connectivity index (χ2v) is 4.11. The standard InChI is InChI=1S/C15H10F2N2O2/c1-21-14-5-2-9(7-13(14)17)15(20)19-11-3-4-12(16)10(6-11)8-18/h2-7H,1H3,(H,19,20). The Bertz CT molecular complexity index is 739. The van der Waals surface area contributed by atoms with E-state index in [0.29, 0.717) is 0 Å². The first-order valence-corrected chi connectivity index (χ1v) is 5.89. The number of methoxy groups -OCH3 is 1. The lowest BCUT2D eigenvalue weighted by atomic mass is 10.1. The van der Waals surface area contributed by atoms with Gasteiger partial charge in [0, 0.05) is 11.3 Å². The van der Waals surface area contributed by atoms with Gasteiger partial charge in [-0.2, -0.15) is 5.26 Å². The van der Waals surface area contributed by atoms with Crippen molar-refractivity contribution in [2.24, 2.45) is 0 Å². The molecular formula is C15H10F2N2O2. The van der Waals surface area contributed by atoms with Gasteiger partial charge >= 0.3 is 0 Å². The molecule has 21 heavy (non-hydrogen) atoms. The molecule has 1 N–H and O–H groups in total. The molecule has 0 saturated carbocycles. The molecular weight excluding hydrogens is 278 g/mol. The van der Waals surface area contributed by atoms with Gasteiger partial charge in [0.2, 0.25) is 0 Å². The average molecular weight is 288 g/mol. The molecule has 0 spiro atoms. The first-order valence-electron chi connectivity index (χ1n) is 5.89. The Kier molecular flexibility index (Phi) is 4.14. The van der Waals surface area contributed by atoms with E-state index in [-0.39, 0.29) is 22.6 Å². The highest BCUT2D eigenvalue weighted by atomic mass is 19.1. The zero-order valence-corrected chi connectivity index (χ0v) is 11.0. The minimum Gasteiger partial charge on any atom is -0.494 e. The van der Waals surface area contributed by atoms with Crippen LogP contribution in [0.15, 0.2) is 36.4 Å². The lowest BCUT2D eigenvalue weighted by Crippen LogP contribution is -2.12. The SMILES string of the molecule is COc1ccc(C(=O)Nc2ccc(F)c(C#N)c2)cc1F. The van der Waals surface area contributed by atoms with Crippen LogP contribution >= 0.6 is 0 Å². The minimum absolute atomic E-state index is 0.0279. The number of hydrogen-bond acceptors (Lipinski definition) is 3. The van der Waals surface area contributed by atoms with Gasteiger partial charge in [0.25, 0.3) is 5.91 Å². The molecule has 0 heterocycles. The van der Waals surface area contributed by atoms with Gasteiger partial charge in [-0.3, -0.25) is 4.79 Å². The van der Waals surface area contributed by atoms with Crippen LogP contribution in [0.2, 0.25) is 0 Å². The molecule has 0 fully saturated rings. The third-order valence-corrected chi connectivity index (χ3v) is 2.76. The number of nitrogens with one attached hydrogen (secondary N) is 1. The molecule has 0 unspecified atom stereocenters. The Hall–Kier alpha value is -2.94. The smallest absolute Gasteiger partial charge is 0.255 e. The van der Waals surface area contributed by atoms with E-state index in [1.54, 1.807) is 6.07 Å². The van der Waals surface area contributed by atoms with Gasteiger partial charge in [-0.05, 0) is 36.4 Å². The molecule has 4 nitrogen and oxygen atoms in total. The van der Waals surface area contributed by atoms with Crippen molar-refractivity contribution in [2.45, 2.75) is 0 Å². The number of ether oxygens (including phenoxy) is 1. The van der Waals surface area contributed by atoms with E-state index in [9.17, 15) is 13.6 Å². The van der Waals surface area contributed by atoms with Crippen molar-refractivity contribution in [3.63, 3.8) is 0 Å². The van der Waals surface area contributed by atoms with E-state index in [1.807, 2.05) is 0 Å². The second kappa shape index (κ2) is 6.01. The van der Waals surface area contributed by atoms with E-state index < -0.39 is 17.5 Å². The molecule has 1 amide bonds. The van der Waals surface area contributed by atoms with Crippen molar-refractivity contribution in [3.05, 3.63) is 59.2 Å². The number of rotatable bonds is 3. The molecule has 6 heteroatoms. The number of benzene rings is 2. The van der Waals surface area contributed by atoms with Gasteiger partial charge in [-0.15, -0.1) is 0 Å².